The average molecular weight is 863 g/mol. The zero-order valence-corrected chi connectivity index (χ0v) is 40.4. The summed E-state index contributed by atoms with van der Waals surface area (Å²) in [6, 6.07) is 0. The monoisotopic (exact) mass is 863 g/mol. The fourth-order valence-corrected chi connectivity index (χ4v) is 6.72. The zero-order valence-electron chi connectivity index (χ0n) is 40.4. The molecule has 6 heteroatoms. The van der Waals surface area contributed by atoms with Gasteiger partial charge >= 0.3 is 17.9 Å². The van der Waals surface area contributed by atoms with Crippen LogP contribution in [0, 0.1) is 0 Å². The SMILES string of the molecule is CCCCC/C=C\C/C=C\C/C=C\C/C=C\CCCCCC(=O)OC[C@@H](COC(=O)CCCCCCCCCCCC)OC(=O)CCCC/C=C\C/C=C\C/C=C\CCCCC. The molecular weight excluding hydrogens is 769 g/mol. The van der Waals surface area contributed by atoms with E-state index in [1.54, 1.807) is 0 Å². The van der Waals surface area contributed by atoms with E-state index in [1.165, 1.54) is 96.3 Å². The molecule has 0 N–H and O–H groups in total. The Bertz CT molecular complexity index is 1220. The van der Waals surface area contributed by atoms with E-state index < -0.39 is 6.10 Å². The number of carbonyl (C=O) groups is 3. The van der Waals surface area contributed by atoms with E-state index in [2.05, 4.69) is 106 Å². The van der Waals surface area contributed by atoms with Gasteiger partial charge in [-0.3, -0.25) is 14.4 Å². The number of unbranched alkanes of at least 4 members (excludes halogenated alkanes) is 20. The molecule has 1 atom stereocenters. The molecule has 0 aromatic heterocycles. The van der Waals surface area contributed by atoms with Gasteiger partial charge in [-0.1, -0.05) is 196 Å². The molecule has 0 bridgehead atoms. The first-order chi connectivity index (χ1) is 30.5. The minimum absolute atomic E-state index is 0.102. The standard InChI is InChI=1S/C56H94O6/c1-4-7-10-13-16-19-22-24-26-27-28-29-31-32-34-37-40-43-46-49-55(58)61-52-53(51-60-54(57)48-45-42-39-36-21-18-15-12-9-6-3)62-56(59)50-47-44-41-38-35-33-30-25-23-20-17-14-11-8-5-2/h16-17,19-20,24-26,28-30,32,34-35,38,53H,4-15,18,21-23,27,31,33,36-37,39-52H2,1-3H3/b19-16-,20-17-,26-24-,29-28-,30-25-,34-32-,38-35-/t53-/m1/s1. The van der Waals surface area contributed by atoms with Crippen molar-refractivity contribution in [3.8, 4) is 0 Å². The van der Waals surface area contributed by atoms with Crippen LogP contribution < -0.4 is 0 Å². The van der Waals surface area contributed by atoms with Gasteiger partial charge in [-0.25, -0.2) is 0 Å². The van der Waals surface area contributed by atoms with Crippen LogP contribution in [0.3, 0.4) is 0 Å². The van der Waals surface area contributed by atoms with Crippen molar-refractivity contribution in [3.63, 3.8) is 0 Å². The molecule has 0 aliphatic heterocycles. The highest BCUT2D eigenvalue weighted by atomic mass is 16.6. The third kappa shape index (κ3) is 47.6. The number of rotatable bonds is 45. The Kier molecular flexibility index (Phi) is 47.5. The van der Waals surface area contributed by atoms with Gasteiger partial charge in [-0.2, -0.15) is 0 Å². The molecule has 6 nitrogen and oxygen atoms in total. The number of carbonyl (C=O) groups excluding carboxylic acids is 3. The van der Waals surface area contributed by atoms with Crippen LogP contribution in [0.25, 0.3) is 0 Å². The molecule has 0 aromatic rings. The van der Waals surface area contributed by atoms with Gasteiger partial charge < -0.3 is 14.2 Å². The highest BCUT2D eigenvalue weighted by molar-refractivity contribution is 5.71. The van der Waals surface area contributed by atoms with Crippen molar-refractivity contribution in [3.05, 3.63) is 85.1 Å². The first-order valence-electron chi connectivity index (χ1n) is 25.6. The van der Waals surface area contributed by atoms with Gasteiger partial charge in [0.25, 0.3) is 0 Å². The molecule has 0 unspecified atom stereocenters. The zero-order chi connectivity index (χ0) is 45.1. The normalized spacial score (nSPS) is 12.8. The van der Waals surface area contributed by atoms with E-state index in [-0.39, 0.29) is 37.5 Å². The van der Waals surface area contributed by atoms with Gasteiger partial charge in [0.2, 0.25) is 0 Å². The van der Waals surface area contributed by atoms with Gasteiger partial charge in [0.05, 0.1) is 0 Å². The Labute approximate surface area is 382 Å². The van der Waals surface area contributed by atoms with E-state index >= 15 is 0 Å². The Morgan fingerprint density at radius 1 is 0.323 bits per heavy atom. The summed E-state index contributed by atoms with van der Waals surface area (Å²) >= 11 is 0. The maximum absolute atomic E-state index is 12.8. The Morgan fingerprint density at radius 3 is 0.968 bits per heavy atom. The minimum Gasteiger partial charge on any atom is -0.462 e. The highest BCUT2D eigenvalue weighted by Crippen LogP contribution is 2.13. The van der Waals surface area contributed by atoms with E-state index in [4.69, 9.17) is 14.2 Å². The Hall–Kier alpha value is -3.41. The molecular formula is C56H94O6. The molecule has 62 heavy (non-hydrogen) atoms. The summed E-state index contributed by atoms with van der Waals surface area (Å²) in [5.41, 5.74) is 0. The molecule has 0 rings (SSSR count). The van der Waals surface area contributed by atoms with Crippen LogP contribution in [0.1, 0.15) is 233 Å². The van der Waals surface area contributed by atoms with Crippen LogP contribution >= 0.6 is 0 Å². The van der Waals surface area contributed by atoms with Gasteiger partial charge in [-0.15, -0.1) is 0 Å². The quantitative estimate of drug-likeness (QED) is 0.0263. The van der Waals surface area contributed by atoms with E-state index in [1.807, 2.05) is 0 Å². The second kappa shape index (κ2) is 50.2. The Balaban J connectivity index is 4.47. The first kappa shape index (κ1) is 58.6. The second-order valence-corrected chi connectivity index (χ2v) is 16.7. The summed E-state index contributed by atoms with van der Waals surface area (Å²) in [7, 11) is 0. The Morgan fingerprint density at radius 2 is 0.581 bits per heavy atom. The van der Waals surface area contributed by atoms with Crippen molar-refractivity contribution >= 4 is 17.9 Å². The van der Waals surface area contributed by atoms with E-state index in [0.29, 0.717) is 19.3 Å². The third-order valence-electron chi connectivity index (χ3n) is 10.6. The maximum Gasteiger partial charge on any atom is 0.306 e. The van der Waals surface area contributed by atoms with Gasteiger partial charge in [0, 0.05) is 19.3 Å². The van der Waals surface area contributed by atoms with Crippen LogP contribution in [-0.4, -0.2) is 37.2 Å². The number of hydrogen-bond acceptors (Lipinski definition) is 6. The summed E-state index contributed by atoms with van der Waals surface area (Å²) in [5, 5.41) is 0. The minimum atomic E-state index is -0.807. The van der Waals surface area contributed by atoms with Crippen LogP contribution in [0.2, 0.25) is 0 Å². The molecule has 0 amide bonds. The fourth-order valence-electron chi connectivity index (χ4n) is 6.72. The first-order valence-corrected chi connectivity index (χ1v) is 25.6. The smallest absolute Gasteiger partial charge is 0.306 e. The van der Waals surface area contributed by atoms with Crippen molar-refractivity contribution in [1.29, 1.82) is 0 Å². The van der Waals surface area contributed by atoms with Crippen LogP contribution in [0.15, 0.2) is 85.1 Å². The molecule has 0 aromatic carbocycles. The number of hydrogen-bond donors (Lipinski definition) is 0. The number of allylic oxidation sites excluding steroid dienone is 14. The molecule has 0 saturated carbocycles. The van der Waals surface area contributed by atoms with Gasteiger partial charge in [0.15, 0.2) is 6.10 Å². The van der Waals surface area contributed by atoms with E-state index in [0.717, 1.165) is 89.9 Å². The lowest BCUT2D eigenvalue weighted by Gasteiger charge is -2.18. The van der Waals surface area contributed by atoms with Crippen molar-refractivity contribution in [2.24, 2.45) is 0 Å². The summed E-state index contributed by atoms with van der Waals surface area (Å²) in [6.45, 7) is 6.50. The lowest BCUT2D eigenvalue weighted by molar-refractivity contribution is -0.167. The summed E-state index contributed by atoms with van der Waals surface area (Å²) in [6.07, 6.45) is 64.2. The van der Waals surface area contributed by atoms with Crippen molar-refractivity contribution in [2.75, 3.05) is 13.2 Å². The fraction of sp³-hybridized carbons (Fsp3) is 0.696. The predicted molar refractivity (Wildman–Crippen MR) is 265 cm³/mol. The summed E-state index contributed by atoms with van der Waals surface area (Å²) in [5.74, 6) is -0.976. The predicted octanol–water partition coefficient (Wildman–Crippen LogP) is 16.8. The third-order valence-corrected chi connectivity index (χ3v) is 10.6. The molecule has 0 fully saturated rings. The highest BCUT2D eigenvalue weighted by Gasteiger charge is 2.19. The molecule has 354 valence electrons. The number of esters is 3. The molecule has 0 radical (unpaired) electrons. The van der Waals surface area contributed by atoms with Crippen molar-refractivity contribution in [1.82, 2.24) is 0 Å². The van der Waals surface area contributed by atoms with Crippen LogP contribution in [0.5, 0.6) is 0 Å². The van der Waals surface area contributed by atoms with Gasteiger partial charge in [-0.05, 0) is 103 Å². The van der Waals surface area contributed by atoms with Crippen LogP contribution in [-0.2, 0) is 28.6 Å². The summed E-state index contributed by atoms with van der Waals surface area (Å²) in [4.78, 5) is 37.9. The van der Waals surface area contributed by atoms with Crippen LogP contribution in [0.4, 0.5) is 0 Å². The average Bonchev–Trinajstić information content (AvgIpc) is 3.27. The molecule has 0 heterocycles. The number of ether oxygens (including phenoxy) is 3. The molecule has 0 aliphatic rings. The molecule has 0 aliphatic carbocycles. The second-order valence-electron chi connectivity index (χ2n) is 16.7. The molecule has 0 spiro atoms. The maximum atomic E-state index is 12.8. The topological polar surface area (TPSA) is 78.9 Å². The largest absolute Gasteiger partial charge is 0.462 e. The lowest BCUT2D eigenvalue weighted by atomic mass is 10.1. The van der Waals surface area contributed by atoms with Crippen molar-refractivity contribution in [2.45, 2.75) is 239 Å². The molecule has 0 saturated heterocycles. The summed E-state index contributed by atoms with van der Waals surface area (Å²) < 4.78 is 16.7. The van der Waals surface area contributed by atoms with Gasteiger partial charge in [0.1, 0.15) is 13.2 Å². The van der Waals surface area contributed by atoms with Crippen molar-refractivity contribution < 1.29 is 28.6 Å². The lowest BCUT2D eigenvalue weighted by Crippen LogP contribution is -2.30. The van der Waals surface area contributed by atoms with E-state index in [9.17, 15) is 14.4 Å².